The molecule has 0 saturated carbocycles. The Hall–Kier alpha value is -1.15. The largest absolute Gasteiger partial charge is 0.464 e. The van der Waals surface area contributed by atoms with E-state index in [0.29, 0.717) is 11.3 Å². The predicted molar refractivity (Wildman–Crippen MR) is 100 cm³/mol. The maximum atomic E-state index is 11.5. The zero-order valence-corrected chi connectivity index (χ0v) is 17.7. The summed E-state index contributed by atoms with van der Waals surface area (Å²) in [5.41, 5.74) is 1.23. The van der Waals surface area contributed by atoms with Crippen molar-refractivity contribution >= 4 is 49.9 Å². The van der Waals surface area contributed by atoms with Crippen LogP contribution in [0, 0.1) is 0 Å². The molecule has 1 aromatic rings. The van der Waals surface area contributed by atoms with Gasteiger partial charge in [0.2, 0.25) is 0 Å². The van der Waals surface area contributed by atoms with Gasteiger partial charge in [-0.05, 0) is 26.9 Å². The number of halogens is 2. The van der Waals surface area contributed by atoms with E-state index in [0.717, 1.165) is 10.0 Å². The molecule has 8 heteroatoms. The molecule has 0 aliphatic rings. The fraction of sp³-hybridized carbons (Fsp3) is 0.562. The van der Waals surface area contributed by atoms with Gasteiger partial charge in [0, 0.05) is 20.8 Å². The first-order valence-corrected chi connectivity index (χ1v) is 9.20. The topological polar surface area (TPSA) is 90.7 Å². The Labute approximate surface area is 158 Å². The zero-order chi connectivity index (χ0) is 19.0. The molecule has 0 radical (unpaired) electrons. The molecule has 0 unspecified atom stereocenters. The van der Waals surface area contributed by atoms with Crippen LogP contribution in [0.25, 0.3) is 0 Å². The van der Waals surface area contributed by atoms with E-state index in [-0.39, 0.29) is 21.5 Å². The van der Waals surface area contributed by atoms with Crippen LogP contribution in [0.2, 0.25) is 0 Å². The number of hydrogen-bond acceptors (Lipinski definition) is 3. The molecule has 0 aliphatic carbocycles. The number of hydrogen-bond donors (Lipinski definition) is 2. The van der Waals surface area contributed by atoms with Gasteiger partial charge in [0.1, 0.15) is 0 Å². The number of imide groups is 1. The van der Waals surface area contributed by atoms with Gasteiger partial charge >= 0.3 is 12.2 Å². The van der Waals surface area contributed by atoms with Gasteiger partial charge in [0.15, 0.2) is 5.82 Å². The Kier molecular flexibility index (Phi) is 6.09. The molecule has 2 N–H and O–H groups in total. The van der Waals surface area contributed by atoms with E-state index in [1.807, 2.05) is 41.5 Å². The first-order chi connectivity index (χ1) is 10.7. The molecule has 1 rings (SSSR count). The highest BCUT2D eigenvalue weighted by Gasteiger charge is 2.35. The van der Waals surface area contributed by atoms with Gasteiger partial charge < -0.3 is 10.2 Å². The van der Waals surface area contributed by atoms with Crippen LogP contribution in [0.5, 0.6) is 0 Å². The maximum absolute atomic E-state index is 11.5. The SMILES string of the molecule is CC(C)(C)c1nc(N(C(=O)O)C(=O)O)c(CBr)c(C(C)(C)C)c1Br. The smallest absolute Gasteiger partial charge is 0.422 e. The number of carbonyl (C=O) groups is 2. The summed E-state index contributed by atoms with van der Waals surface area (Å²) in [6.45, 7) is 11.8. The molecule has 134 valence electrons. The average Bonchev–Trinajstić information content (AvgIpc) is 2.35. The van der Waals surface area contributed by atoms with Gasteiger partial charge in [-0.2, -0.15) is 4.90 Å². The highest BCUT2D eigenvalue weighted by Crippen LogP contribution is 2.42. The predicted octanol–water partition coefficient (Wildman–Crippen LogP) is 5.50. The Balaban J connectivity index is 4.02. The number of alkyl halides is 1. The molecule has 0 atom stereocenters. The van der Waals surface area contributed by atoms with Crippen LogP contribution < -0.4 is 4.90 Å². The maximum Gasteiger partial charge on any atom is 0.422 e. The number of aromatic nitrogens is 1. The normalized spacial score (nSPS) is 12.2. The monoisotopic (exact) mass is 464 g/mol. The summed E-state index contributed by atoms with van der Waals surface area (Å²) in [6.07, 6.45) is -3.17. The lowest BCUT2D eigenvalue weighted by atomic mass is 9.81. The van der Waals surface area contributed by atoms with E-state index in [1.165, 1.54) is 0 Å². The number of rotatable bonds is 2. The van der Waals surface area contributed by atoms with Crippen molar-refractivity contribution in [3.05, 3.63) is 21.3 Å². The second kappa shape index (κ2) is 7.00. The quantitative estimate of drug-likeness (QED) is 0.563. The summed E-state index contributed by atoms with van der Waals surface area (Å²) in [5, 5.41) is 19.0. The van der Waals surface area contributed by atoms with Gasteiger partial charge in [0.25, 0.3) is 0 Å². The van der Waals surface area contributed by atoms with Crippen molar-refractivity contribution in [2.24, 2.45) is 0 Å². The third kappa shape index (κ3) is 4.08. The highest BCUT2D eigenvalue weighted by molar-refractivity contribution is 9.10. The molecule has 2 amide bonds. The molecule has 0 bridgehead atoms. The molecule has 0 fully saturated rings. The molecular formula is C16H22Br2N2O4. The molecule has 1 aromatic heterocycles. The zero-order valence-electron chi connectivity index (χ0n) is 14.6. The van der Waals surface area contributed by atoms with Gasteiger partial charge in [-0.3, -0.25) is 0 Å². The molecule has 0 aliphatic heterocycles. The van der Waals surface area contributed by atoms with E-state index in [2.05, 4.69) is 36.8 Å². The number of anilines is 1. The first-order valence-electron chi connectivity index (χ1n) is 7.28. The minimum atomic E-state index is -1.58. The molecule has 0 spiro atoms. The summed E-state index contributed by atoms with van der Waals surface area (Å²) in [5.74, 6) is -0.0788. The van der Waals surface area contributed by atoms with Crippen molar-refractivity contribution in [3.63, 3.8) is 0 Å². The van der Waals surface area contributed by atoms with Crippen LogP contribution in [-0.2, 0) is 16.2 Å². The van der Waals surface area contributed by atoms with Crippen LogP contribution in [0.4, 0.5) is 15.4 Å². The van der Waals surface area contributed by atoms with Gasteiger partial charge in [0.05, 0.1) is 5.69 Å². The molecule has 1 heterocycles. The Morgan fingerprint density at radius 3 is 1.79 bits per heavy atom. The molecule has 0 aromatic carbocycles. The second-order valence-corrected chi connectivity index (χ2v) is 8.84. The summed E-state index contributed by atoms with van der Waals surface area (Å²) >= 11 is 6.96. The van der Waals surface area contributed by atoms with Crippen molar-refractivity contribution in [1.82, 2.24) is 4.98 Å². The van der Waals surface area contributed by atoms with Gasteiger partial charge in [-0.25, -0.2) is 14.6 Å². The fourth-order valence-electron chi connectivity index (χ4n) is 2.44. The Morgan fingerprint density at radius 2 is 1.50 bits per heavy atom. The summed E-state index contributed by atoms with van der Waals surface area (Å²) < 4.78 is 0.774. The first kappa shape index (κ1) is 20.9. The van der Waals surface area contributed by atoms with Crippen LogP contribution in [0.3, 0.4) is 0 Å². The number of pyridine rings is 1. The number of amides is 2. The van der Waals surface area contributed by atoms with Gasteiger partial charge in [-0.15, -0.1) is 0 Å². The fourth-order valence-corrected chi connectivity index (χ4v) is 4.49. The molecule has 0 saturated heterocycles. The van der Waals surface area contributed by atoms with Crippen molar-refractivity contribution in [1.29, 1.82) is 0 Å². The van der Waals surface area contributed by atoms with Crippen LogP contribution in [0.15, 0.2) is 4.47 Å². The summed E-state index contributed by atoms with van der Waals surface area (Å²) in [7, 11) is 0. The minimum Gasteiger partial charge on any atom is -0.464 e. The highest BCUT2D eigenvalue weighted by atomic mass is 79.9. The van der Waals surface area contributed by atoms with Crippen molar-refractivity contribution in [3.8, 4) is 0 Å². The Morgan fingerprint density at radius 1 is 1.04 bits per heavy atom. The average molecular weight is 466 g/mol. The Bertz CT molecular complexity index is 662. The van der Waals surface area contributed by atoms with E-state index < -0.39 is 17.6 Å². The van der Waals surface area contributed by atoms with E-state index in [1.54, 1.807) is 0 Å². The lowest BCUT2D eigenvalue weighted by molar-refractivity contribution is 0.184. The third-order valence-electron chi connectivity index (χ3n) is 3.41. The van der Waals surface area contributed by atoms with Crippen LogP contribution >= 0.6 is 31.9 Å². The molecular weight excluding hydrogens is 444 g/mol. The van der Waals surface area contributed by atoms with Gasteiger partial charge in [-0.1, -0.05) is 57.5 Å². The van der Waals surface area contributed by atoms with Crippen molar-refractivity contribution in [2.75, 3.05) is 4.90 Å². The summed E-state index contributed by atoms with van der Waals surface area (Å²) in [4.78, 5) is 27.7. The third-order valence-corrected chi connectivity index (χ3v) is 4.74. The molecule has 24 heavy (non-hydrogen) atoms. The van der Waals surface area contributed by atoms with Crippen LogP contribution in [0.1, 0.15) is 58.4 Å². The van der Waals surface area contributed by atoms with Crippen LogP contribution in [-0.4, -0.2) is 27.4 Å². The number of nitrogens with zero attached hydrogens (tertiary/aromatic N) is 2. The van der Waals surface area contributed by atoms with Crippen molar-refractivity contribution in [2.45, 2.75) is 57.7 Å². The second-order valence-electron chi connectivity index (χ2n) is 7.49. The minimum absolute atomic E-state index is 0.0788. The van der Waals surface area contributed by atoms with Crippen molar-refractivity contribution < 1.29 is 19.8 Å². The van der Waals surface area contributed by atoms with E-state index >= 15 is 0 Å². The standard InChI is InChI=1S/C16H22Br2N2O4/c1-15(2,3)9-8(7-17)12(20(13(21)22)14(23)24)19-11(10(9)18)16(4,5)6/h7H2,1-6H3,(H,21,22)(H,23,24). The van der Waals surface area contributed by atoms with E-state index in [9.17, 15) is 19.8 Å². The van der Waals surface area contributed by atoms with E-state index in [4.69, 9.17) is 0 Å². The number of carboxylic acid groups (broad SMARTS) is 2. The lowest BCUT2D eigenvalue weighted by Crippen LogP contribution is -2.37. The lowest BCUT2D eigenvalue weighted by Gasteiger charge is -2.31. The molecule has 6 nitrogen and oxygen atoms in total. The summed E-state index contributed by atoms with van der Waals surface area (Å²) in [6, 6.07) is 0.